The van der Waals surface area contributed by atoms with Gasteiger partial charge in [0.2, 0.25) is 6.79 Å². The average Bonchev–Trinajstić information content (AvgIpc) is 3.43. The van der Waals surface area contributed by atoms with Crippen LogP contribution >= 0.6 is 11.8 Å². The molecule has 0 unspecified atom stereocenters. The van der Waals surface area contributed by atoms with E-state index in [-0.39, 0.29) is 12.7 Å². The van der Waals surface area contributed by atoms with Crippen LogP contribution < -0.4 is 19.1 Å². The lowest BCUT2D eigenvalue weighted by Gasteiger charge is -2.28. The smallest absolute Gasteiger partial charge is 0.266 e. The van der Waals surface area contributed by atoms with E-state index in [1.54, 1.807) is 18.1 Å². The Kier molecular flexibility index (Phi) is 6.15. The molecule has 33 heavy (non-hydrogen) atoms. The number of rotatable bonds is 5. The highest BCUT2D eigenvalue weighted by molar-refractivity contribution is 8.18. The molecule has 0 radical (unpaired) electrons. The number of benzene rings is 2. The number of amides is 1. The van der Waals surface area contributed by atoms with Gasteiger partial charge in [0.15, 0.2) is 16.7 Å². The maximum Gasteiger partial charge on any atom is 0.266 e. The number of morpholine rings is 1. The molecule has 9 heteroatoms. The van der Waals surface area contributed by atoms with E-state index in [1.165, 1.54) is 11.8 Å². The molecule has 8 nitrogen and oxygen atoms in total. The van der Waals surface area contributed by atoms with Crippen molar-refractivity contribution in [3.05, 3.63) is 46.9 Å². The first kappa shape index (κ1) is 21.7. The molecule has 5 rings (SSSR count). The summed E-state index contributed by atoms with van der Waals surface area (Å²) in [6.45, 7) is 5.93. The summed E-state index contributed by atoms with van der Waals surface area (Å²) in [4.78, 5) is 22.4. The van der Waals surface area contributed by atoms with Crippen LogP contribution in [0.3, 0.4) is 0 Å². The van der Waals surface area contributed by atoms with Crippen molar-refractivity contribution in [2.24, 2.45) is 4.99 Å². The van der Waals surface area contributed by atoms with Gasteiger partial charge in [-0.1, -0.05) is 0 Å². The molecule has 1 amide bonds. The van der Waals surface area contributed by atoms with Crippen LogP contribution in [0.4, 0.5) is 11.4 Å². The van der Waals surface area contributed by atoms with Gasteiger partial charge in [-0.2, -0.15) is 0 Å². The van der Waals surface area contributed by atoms with E-state index < -0.39 is 0 Å². The lowest BCUT2D eigenvalue weighted by molar-refractivity contribution is -0.122. The average molecular weight is 468 g/mol. The molecule has 0 atom stereocenters. The summed E-state index contributed by atoms with van der Waals surface area (Å²) in [7, 11) is 1.59. The topological polar surface area (TPSA) is 72.8 Å². The van der Waals surface area contributed by atoms with Gasteiger partial charge in [0, 0.05) is 37.0 Å². The van der Waals surface area contributed by atoms with Crippen LogP contribution in [0.1, 0.15) is 12.5 Å². The lowest BCUT2D eigenvalue weighted by Crippen LogP contribution is -2.36. The van der Waals surface area contributed by atoms with Gasteiger partial charge in [-0.25, -0.2) is 4.99 Å². The zero-order valence-electron chi connectivity index (χ0n) is 18.6. The summed E-state index contributed by atoms with van der Waals surface area (Å²) < 4.78 is 21.8. The Morgan fingerprint density at radius 2 is 1.85 bits per heavy atom. The molecule has 3 aliphatic rings. The maximum atomic E-state index is 13.1. The molecule has 0 N–H and O–H groups in total. The molecule has 2 aromatic rings. The van der Waals surface area contributed by atoms with Crippen molar-refractivity contribution in [1.29, 1.82) is 0 Å². The van der Waals surface area contributed by atoms with Gasteiger partial charge in [-0.05, 0) is 55.1 Å². The van der Waals surface area contributed by atoms with Gasteiger partial charge in [-0.3, -0.25) is 9.69 Å². The number of anilines is 1. The Morgan fingerprint density at radius 1 is 1.12 bits per heavy atom. The van der Waals surface area contributed by atoms with E-state index in [2.05, 4.69) is 17.0 Å². The second kappa shape index (κ2) is 9.36. The van der Waals surface area contributed by atoms with Crippen LogP contribution in [-0.4, -0.2) is 62.7 Å². The van der Waals surface area contributed by atoms with Gasteiger partial charge in [0.25, 0.3) is 5.91 Å². The molecule has 3 heterocycles. The first-order chi connectivity index (χ1) is 16.2. The first-order valence-corrected chi connectivity index (χ1v) is 11.7. The largest absolute Gasteiger partial charge is 0.496 e. The summed E-state index contributed by atoms with van der Waals surface area (Å²) in [5, 5.41) is 0.660. The summed E-state index contributed by atoms with van der Waals surface area (Å²) in [5.74, 6) is 1.82. The molecule has 2 aromatic carbocycles. The fraction of sp³-hybridized carbons (Fsp3) is 0.333. The van der Waals surface area contributed by atoms with Crippen LogP contribution in [0, 0.1) is 0 Å². The van der Waals surface area contributed by atoms with E-state index >= 15 is 0 Å². The third-order valence-electron chi connectivity index (χ3n) is 5.67. The highest BCUT2D eigenvalue weighted by Crippen LogP contribution is 2.41. The van der Waals surface area contributed by atoms with Crippen molar-refractivity contribution in [1.82, 2.24) is 4.90 Å². The fourth-order valence-corrected chi connectivity index (χ4v) is 4.96. The Bertz CT molecular complexity index is 1110. The molecule has 0 spiro atoms. The number of methoxy groups -OCH3 is 1. The summed E-state index contributed by atoms with van der Waals surface area (Å²) in [6, 6.07) is 11.7. The zero-order chi connectivity index (χ0) is 22.8. The Labute approximate surface area is 196 Å². The number of thioether (sulfide) groups is 1. The van der Waals surface area contributed by atoms with E-state index in [1.807, 2.05) is 31.2 Å². The van der Waals surface area contributed by atoms with Gasteiger partial charge < -0.3 is 23.8 Å². The summed E-state index contributed by atoms with van der Waals surface area (Å²) in [5.41, 5.74) is 2.72. The number of carbonyl (C=O) groups excluding carboxylic acids is 1. The highest BCUT2D eigenvalue weighted by Gasteiger charge is 2.32. The minimum Gasteiger partial charge on any atom is -0.496 e. The molecule has 2 fully saturated rings. The first-order valence-electron chi connectivity index (χ1n) is 10.9. The number of carbonyl (C=O) groups is 1. The van der Waals surface area contributed by atoms with Crippen LogP contribution in [0.5, 0.6) is 17.2 Å². The number of likely N-dealkylation sites (N-methyl/N-ethyl adjacent to an activating group) is 1. The van der Waals surface area contributed by atoms with Crippen LogP contribution in [-0.2, 0) is 9.53 Å². The monoisotopic (exact) mass is 467 g/mol. The third kappa shape index (κ3) is 4.38. The molecule has 0 bridgehead atoms. The molecule has 0 aliphatic carbocycles. The van der Waals surface area contributed by atoms with E-state index in [0.29, 0.717) is 33.9 Å². The third-order valence-corrected chi connectivity index (χ3v) is 6.67. The molecule has 3 aliphatic heterocycles. The number of amidine groups is 1. The molecule has 0 saturated carbocycles. The summed E-state index contributed by atoms with van der Waals surface area (Å²) >= 11 is 1.36. The Balaban J connectivity index is 1.40. The van der Waals surface area contributed by atoms with Crippen LogP contribution in [0.15, 0.2) is 46.3 Å². The molecule has 172 valence electrons. The SMILES string of the molecule is CCN1C(=O)/C(=C/c2cc3c(cc2OC)OCO3)SC1=Nc1ccc(N2CCOCC2)cc1. The van der Waals surface area contributed by atoms with Gasteiger partial charge in [0.1, 0.15) is 5.75 Å². The van der Waals surface area contributed by atoms with Crippen LogP contribution in [0.25, 0.3) is 6.08 Å². The predicted octanol–water partition coefficient (Wildman–Crippen LogP) is 3.88. The molecule has 0 aromatic heterocycles. The maximum absolute atomic E-state index is 13.1. The molecular weight excluding hydrogens is 442 g/mol. The number of ether oxygens (including phenoxy) is 4. The predicted molar refractivity (Wildman–Crippen MR) is 129 cm³/mol. The van der Waals surface area contributed by atoms with Crippen LogP contribution in [0.2, 0.25) is 0 Å². The number of aliphatic imine (C=N–C) groups is 1. The number of nitrogens with zero attached hydrogens (tertiary/aromatic N) is 3. The van der Waals surface area contributed by atoms with Gasteiger partial charge >= 0.3 is 0 Å². The lowest BCUT2D eigenvalue weighted by atomic mass is 10.1. The minimum atomic E-state index is -0.0779. The normalized spacial score (nSPS) is 20.2. The van der Waals surface area contributed by atoms with Crippen molar-refractivity contribution in [3.8, 4) is 17.2 Å². The number of hydrogen-bond acceptors (Lipinski definition) is 8. The Hall–Kier alpha value is -3.17. The fourth-order valence-electron chi connectivity index (χ4n) is 3.91. The van der Waals surface area contributed by atoms with E-state index in [9.17, 15) is 4.79 Å². The van der Waals surface area contributed by atoms with Crippen molar-refractivity contribution >= 4 is 40.3 Å². The molecule has 2 saturated heterocycles. The second-order valence-electron chi connectivity index (χ2n) is 7.62. The quantitative estimate of drug-likeness (QED) is 0.618. The number of fused-ring (bicyclic) bond motifs is 1. The van der Waals surface area contributed by atoms with Crippen molar-refractivity contribution in [2.45, 2.75) is 6.92 Å². The zero-order valence-corrected chi connectivity index (χ0v) is 19.4. The Morgan fingerprint density at radius 3 is 2.55 bits per heavy atom. The van der Waals surface area contributed by atoms with E-state index in [4.69, 9.17) is 23.9 Å². The van der Waals surface area contributed by atoms with Crippen molar-refractivity contribution < 1.29 is 23.7 Å². The van der Waals surface area contributed by atoms with Gasteiger partial charge in [0.05, 0.1) is 30.9 Å². The standard InChI is InChI=1S/C24H25N3O5S/c1-3-27-23(28)22(13-16-12-20-21(32-15-31-20)14-19(16)29-2)33-24(27)25-17-4-6-18(7-5-17)26-8-10-30-11-9-26/h4-7,12-14H,3,8-11,15H2,1-2H3/b22-13-,25-24?. The second-order valence-corrected chi connectivity index (χ2v) is 8.63. The van der Waals surface area contributed by atoms with E-state index in [0.717, 1.165) is 43.2 Å². The highest BCUT2D eigenvalue weighted by atomic mass is 32.2. The number of hydrogen-bond donors (Lipinski definition) is 0. The summed E-state index contributed by atoms with van der Waals surface area (Å²) in [6.07, 6.45) is 1.82. The van der Waals surface area contributed by atoms with Crippen molar-refractivity contribution in [2.75, 3.05) is 51.7 Å². The van der Waals surface area contributed by atoms with Crippen molar-refractivity contribution in [3.63, 3.8) is 0 Å². The minimum absolute atomic E-state index is 0.0779. The van der Waals surface area contributed by atoms with Gasteiger partial charge in [-0.15, -0.1) is 0 Å². The molecular formula is C24H25N3O5S.